The topological polar surface area (TPSA) is 53.5 Å². The van der Waals surface area contributed by atoms with E-state index in [0.29, 0.717) is 5.56 Å². The Morgan fingerprint density at radius 3 is 1.34 bits per heavy atom. The van der Waals surface area contributed by atoms with E-state index in [1.54, 1.807) is 0 Å². The summed E-state index contributed by atoms with van der Waals surface area (Å²) in [6.07, 6.45) is 0. The van der Waals surface area contributed by atoms with Crippen LogP contribution in [0.5, 0.6) is 0 Å². The Morgan fingerprint density at radius 2 is 0.737 bits per heavy atom. The molecule has 0 fully saturated rings. The summed E-state index contributed by atoms with van der Waals surface area (Å²) >= 11 is 0. The zero-order valence-corrected chi connectivity index (χ0v) is 41.9. The molecule has 0 aliphatic heterocycles. The minimum Gasteiger partial charge on any atom is -0.309 e. The molecule has 356 valence electrons. The molecule has 76 heavy (non-hydrogen) atoms. The maximum Gasteiger partial charge on any atom is 0.238 e. The van der Waals surface area contributed by atoms with E-state index >= 15 is 0 Å². The predicted octanol–water partition coefficient (Wildman–Crippen LogP) is 13.9. The molecule has 15 rings (SSSR count). The summed E-state index contributed by atoms with van der Waals surface area (Å²) in [5, 5.41) is 11.1. The lowest BCUT2D eigenvalue weighted by Gasteiger charge is -2.34. The van der Waals surface area contributed by atoms with Crippen LogP contribution in [-0.4, -0.2) is 36.7 Å². The van der Waals surface area contributed by atoms with Crippen LogP contribution in [0.25, 0.3) is 106 Å². The van der Waals surface area contributed by atoms with E-state index < -0.39 is 38.3 Å². The number of benzene rings is 11. The Hall–Kier alpha value is -9.95. The number of hydrogen-bond acceptors (Lipinski definition) is 3. The van der Waals surface area contributed by atoms with Gasteiger partial charge in [0.25, 0.3) is 0 Å². The molecule has 0 aliphatic rings. The molecule has 0 saturated heterocycles. The molecule has 0 unspecified atom stereocenters. The minimum absolute atomic E-state index is 0.0498. The van der Waals surface area contributed by atoms with E-state index in [2.05, 4.69) is 220 Å². The summed E-state index contributed by atoms with van der Waals surface area (Å²) < 4.78 is 51.7. The highest BCUT2D eigenvalue weighted by Crippen LogP contribution is 2.43. The van der Waals surface area contributed by atoms with Crippen LogP contribution in [0.2, 0.25) is 0 Å². The summed E-state index contributed by atoms with van der Waals surface area (Å²) in [5.41, 5.74) is 8.32. The molecular weight excluding hydrogens is 941 g/mol. The van der Waals surface area contributed by atoms with Gasteiger partial charge in [0.15, 0.2) is 19.7 Å². The molecule has 0 N–H and O–H groups in total. The highest BCUT2D eigenvalue weighted by molar-refractivity contribution is 7.19. The maximum atomic E-state index is 9.32. The number of fused-ring (bicyclic) bond motifs is 9. The summed E-state index contributed by atoms with van der Waals surface area (Å²) in [7, 11) is -3.06. The lowest BCUT2D eigenvalue weighted by Crippen LogP contribution is -2.74. The molecule has 0 atom stereocenters. The van der Waals surface area contributed by atoms with Crippen molar-refractivity contribution in [1.29, 1.82) is 0 Å². The van der Waals surface area contributed by atoms with Gasteiger partial charge in [0.1, 0.15) is 0 Å². The van der Waals surface area contributed by atoms with Crippen molar-refractivity contribution in [2.45, 2.75) is 0 Å². The van der Waals surface area contributed by atoms with Crippen molar-refractivity contribution in [2.24, 2.45) is 0 Å². The number of para-hydroxylation sites is 5. The number of aromatic nitrogens is 6. The maximum absolute atomic E-state index is 9.32. The Labute approximate surface area is 446 Å². The lowest BCUT2D eigenvalue weighted by atomic mass is 10.1. The van der Waals surface area contributed by atoms with Gasteiger partial charge in [0.2, 0.25) is 5.95 Å². The van der Waals surface area contributed by atoms with Crippen molar-refractivity contribution in [2.75, 3.05) is 0 Å². The number of hydrogen-bond donors (Lipinski definition) is 0. The van der Waals surface area contributed by atoms with Gasteiger partial charge in [-0.1, -0.05) is 236 Å². The van der Waals surface area contributed by atoms with Gasteiger partial charge in [-0.05, 0) is 63.2 Å². The van der Waals surface area contributed by atoms with Crippen molar-refractivity contribution in [3.05, 3.63) is 279 Å². The van der Waals surface area contributed by atoms with E-state index in [9.17, 15) is 2.74 Å². The second-order valence-electron chi connectivity index (χ2n) is 19.1. The molecule has 0 bridgehead atoms. The van der Waals surface area contributed by atoms with E-state index in [0.717, 1.165) is 71.2 Å². The Balaban J connectivity index is 1.03. The first-order valence-corrected chi connectivity index (χ1v) is 27.5. The van der Waals surface area contributed by atoms with E-state index in [-0.39, 0.29) is 23.2 Å². The first-order valence-electron chi connectivity index (χ1n) is 28.0. The fourth-order valence-corrected chi connectivity index (χ4v) is 16.8. The molecule has 0 aliphatic carbocycles. The molecule has 4 aromatic heterocycles. The van der Waals surface area contributed by atoms with Crippen LogP contribution < -0.4 is 20.7 Å². The normalized spacial score (nSPS) is 12.9. The van der Waals surface area contributed by atoms with Crippen LogP contribution in [0.1, 0.15) is 6.85 Å². The van der Waals surface area contributed by atoms with Crippen LogP contribution in [0.3, 0.4) is 0 Å². The highest BCUT2D eigenvalue weighted by Gasteiger charge is 2.41. The van der Waals surface area contributed by atoms with Gasteiger partial charge < -0.3 is 9.13 Å². The highest BCUT2D eigenvalue weighted by atomic mass is 28.3. The summed E-state index contributed by atoms with van der Waals surface area (Å²) in [5.74, 6) is 0.443. The number of nitrogens with zero attached hydrogens (tertiary/aromatic N) is 6. The molecule has 7 heteroatoms. The van der Waals surface area contributed by atoms with Crippen molar-refractivity contribution in [1.82, 2.24) is 28.7 Å². The first kappa shape index (κ1) is 38.6. The third-order valence-corrected chi connectivity index (χ3v) is 19.9. The number of rotatable bonds is 9. The summed E-state index contributed by atoms with van der Waals surface area (Å²) in [6, 6.07) is 85.0. The quantitative estimate of drug-likeness (QED) is 0.107. The van der Waals surface area contributed by atoms with Gasteiger partial charge in [0, 0.05) is 43.4 Å². The summed E-state index contributed by atoms with van der Waals surface area (Å²) in [4.78, 5) is 15.9. The van der Waals surface area contributed by atoms with Crippen molar-refractivity contribution in [3.63, 3.8) is 0 Å². The van der Waals surface area contributed by atoms with Crippen molar-refractivity contribution >= 4 is 94.2 Å². The van der Waals surface area contributed by atoms with Crippen LogP contribution >= 0.6 is 0 Å². The van der Waals surface area contributed by atoms with Gasteiger partial charge in [-0.3, -0.25) is 4.57 Å². The lowest BCUT2D eigenvalue weighted by molar-refractivity contribution is 0.950. The van der Waals surface area contributed by atoms with E-state index in [1.165, 1.54) is 26.3 Å². The van der Waals surface area contributed by atoms with E-state index in [1.807, 2.05) is 42.5 Å². The Bertz CT molecular complexity index is 4840. The van der Waals surface area contributed by atoms with Gasteiger partial charge in [-0.15, -0.1) is 0 Å². The fraction of sp³-hybridized carbons (Fsp3) is 0. The van der Waals surface area contributed by atoms with Crippen LogP contribution in [-0.2, 0) is 0 Å². The summed E-state index contributed by atoms with van der Waals surface area (Å²) in [6.45, 7) is 0. The molecule has 11 aromatic carbocycles. The monoisotopic (exact) mass is 991 g/mol. The zero-order valence-electron chi connectivity index (χ0n) is 45.9. The standard InChI is InChI=1S/C69H46N6Si/c1-5-24-47(25-6-1)67-70-68(48-26-21-33-52(46-48)76(49-27-7-2-8-28-49,50-29-9-3-10-30-50)51-31-11-4-12-32-51)72-69(71-67)75-60-41-19-15-36-55(60)56-38-22-45-64(66(56)75)74-61-42-20-16-37-57(61)65-62(43-23-44-63(65)74)73-58-39-17-13-34-53(58)54-35-14-18-40-59(54)73/h1-46H/i1D,5D,6D,24D,25D. The molecule has 0 radical (unpaired) electrons. The van der Waals surface area contributed by atoms with Gasteiger partial charge >= 0.3 is 0 Å². The Kier molecular flexibility index (Phi) is 8.96. The molecule has 15 aromatic rings. The first-order chi connectivity index (χ1) is 39.8. The minimum atomic E-state index is -3.06. The van der Waals surface area contributed by atoms with Crippen molar-refractivity contribution in [3.8, 4) is 40.1 Å². The third kappa shape index (κ3) is 6.62. The SMILES string of the molecule is [2H]c1c([2H])c([2H])c(-c2nc(-c3cccc([Si](c4ccccc4)(c4ccccc4)c4ccccc4)c3)nc(-n3c4ccccc4c4cccc(-n5c6ccccc6c6c(-n7c8ccccc8c8ccccc87)cccc65)c43)n2)c([2H])c1[2H]. The average Bonchev–Trinajstić information content (AvgIpc) is 4.34. The van der Waals surface area contributed by atoms with Crippen LogP contribution in [0, 0.1) is 0 Å². The largest absolute Gasteiger partial charge is 0.309 e. The zero-order chi connectivity index (χ0) is 54.5. The second-order valence-corrected chi connectivity index (χ2v) is 22.9. The van der Waals surface area contributed by atoms with Crippen molar-refractivity contribution < 1.29 is 6.85 Å². The molecule has 4 heterocycles. The molecule has 0 saturated carbocycles. The second kappa shape index (κ2) is 17.6. The third-order valence-electron chi connectivity index (χ3n) is 15.1. The molecule has 0 spiro atoms. The smallest absolute Gasteiger partial charge is 0.238 e. The average molecular weight is 992 g/mol. The van der Waals surface area contributed by atoms with Gasteiger partial charge in [0.05, 0.1) is 51.3 Å². The van der Waals surface area contributed by atoms with Gasteiger partial charge in [-0.2, -0.15) is 9.97 Å². The Morgan fingerprint density at radius 1 is 0.316 bits per heavy atom. The molecule has 6 nitrogen and oxygen atoms in total. The van der Waals surface area contributed by atoms with E-state index in [4.69, 9.17) is 19.1 Å². The van der Waals surface area contributed by atoms with Crippen LogP contribution in [0.4, 0.5) is 0 Å². The predicted molar refractivity (Wildman–Crippen MR) is 317 cm³/mol. The van der Waals surface area contributed by atoms with Gasteiger partial charge in [-0.25, -0.2) is 4.98 Å². The van der Waals surface area contributed by atoms with Crippen LogP contribution in [0.15, 0.2) is 279 Å². The molecule has 0 amide bonds. The fourth-order valence-electron chi connectivity index (χ4n) is 12.0. The molecular formula is C69H46N6Si.